The second-order valence-electron chi connectivity index (χ2n) is 5.09. The van der Waals surface area contributed by atoms with Crippen molar-refractivity contribution in [3.8, 4) is 0 Å². The van der Waals surface area contributed by atoms with Gasteiger partial charge in [0, 0.05) is 12.1 Å². The number of halogens is 2. The Balaban J connectivity index is 1.92. The van der Waals surface area contributed by atoms with Crippen LogP contribution in [0.4, 0.5) is 10.1 Å². The van der Waals surface area contributed by atoms with Gasteiger partial charge >= 0.3 is 5.97 Å². The Labute approximate surface area is 143 Å². The van der Waals surface area contributed by atoms with Crippen molar-refractivity contribution in [2.24, 2.45) is 0 Å². The van der Waals surface area contributed by atoms with Crippen molar-refractivity contribution in [2.45, 2.75) is 19.6 Å². The summed E-state index contributed by atoms with van der Waals surface area (Å²) in [7, 11) is 0. The first kappa shape index (κ1) is 17.7. The molecule has 126 valence electrons. The number of rotatable bonds is 5. The smallest absolute Gasteiger partial charge is 0.338 e. The zero-order valence-electron chi connectivity index (χ0n) is 12.9. The number of benzene rings is 2. The van der Waals surface area contributed by atoms with Gasteiger partial charge in [-0.2, -0.15) is 0 Å². The minimum absolute atomic E-state index is 0.00128. The summed E-state index contributed by atoms with van der Waals surface area (Å²) in [4.78, 5) is 23.9. The van der Waals surface area contributed by atoms with Crippen LogP contribution in [0.1, 0.15) is 22.8 Å². The first-order valence-corrected chi connectivity index (χ1v) is 7.53. The number of anilines is 1. The summed E-state index contributed by atoms with van der Waals surface area (Å²) in [6.07, 6.45) is -1.04. The number of hydrogen-bond acceptors (Lipinski definition) is 4. The second kappa shape index (κ2) is 7.79. The summed E-state index contributed by atoms with van der Waals surface area (Å²) < 4.78 is 18.6. The van der Waals surface area contributed by atoms with Crippen LogP contribution in [0.2, 0.25) is 5.02 Å². The molecule has 0 saturated heterocycles. The summed E-state index contributed by atoms with van der Waals surface area (Å²) in [5, 5.41) is 2.84. The van der Waals surface area contributed by atoms with Gasteiger partial charge in [0.15, 0.2) is 6.10 Å². The second-order valence-corrected chi connectivity index (χ2v) is 5.50. The molecule has 2 aromatic carbocycles. The number of nitrogen functional groups attached to an aromatic ring is 1. The number of carbonyl (C=O) groups is 2. The molecule has 2 aromatic rings. The van der Waals surface area contributed by atoms with Crippen molar-refractivity contribution >= 4 is 29.2 Å². The lowest BCUT2D eigenvalue weighted by molar-refractivity contribution is -0.129. The number of amides is 1. The standard InChI is InChI=1S/C17H16ClFN2O3/c1-10(16(22)21-9-12-4-2-3-5-14(12)19)24-17(23)11-6-7-13(18)15(20)8-11/h2-8,10H,9,20H2,1H3,(H,21,22). The molecule has 0 heterocycles. The van der Waals surface area contributed by atoms with E-state index < -0.39 is 23.8 Å². The molecule has 0 aromatic heterocycles. The number of nitrogens with two attached hydrogens (primary N) is 1. The molecule has 5 nitrogen and oxygen atoms in total. The molecule has 1 unspecified atom stereocenters. The zero-order chi connectivity index (χ0) is 17.7. The monoisotopic (exact) mass is 350 g/mol. The van der Waals surface area contributed by atoms with E-state index in [-0.39, 0.29) is 17.8 Å². The Bertz CT molecular complexity index is 767. The SMILES string of the molecule is CC(OC(=O)c1ccc(Cl)c(N)c1)C(=O)NCc1ccccc1F. The van der Waals surface area contributed by atoms with E-state index in [0.717, 1.165) is 0 Å². The lowest BCUT2D eigenvalue weighted by atomic mass is 10.2. The fraction of sp³-hybridized carbons (Fsp3) is 0.176. The minimum atomic E-state index is -1.04. The Hall–Kier alpha value is -2.60. The van der Waals surface area contributed by atoms with Gasteiger partial charge < -0.3 is 15.8 Å². The number of esters is 1. The van der Waals surface area contributed by atoms with Crippen LogP contribution in [0.25, 0.3) is 0 Å². The number of carbonyl (C=O) groups excluding carboxylic acids is 2. The average Bonchev–Trinajstić information content (AvgIpc) is 2.56. The van der Waals surface area contributed by atoms with Gasteiger partial charge in [-0.25, -0.2) is 9.18 Å². The van der Waals surface area contributed by atoms with Gasteiger partial charge in [0.2, 0.25) is 0 Å². The quantitative estimate of drug-likeness (QED) is 0.641. The third kappa shape index (κ3) is 4.45. The maximum absolute atomic E-state index is 13.5. The first-order valence-electron chi connectivity index (χ1n) is 7.15. The molecule has 0 saturated carbocycles. The van der Waals surface area contributed by atoms with E-state index in [0.29, 0.717) is 10.6 Å². The molecule has 24 heavy (non-hydrogen) atoms. The van der Waals surface area contributed by atoms with Crippen molar-refractivity contribution in [2.75, 3.05) is 5.73 Å². The third-order valence-corrected chi connectivity index (χ3v) is 3.64. The van der Waals surface area contributed by atoms with Crippen LogP contribution in [0.5, 0.6) is 0 Å². The molecular weight excluding hydrogens is 335 g/mol. The van der Waals surface area contributed by atoms with Gasteiger partial charge in [-0.05, 0) is 31.2 Å². The van der Waals surface area contributed by atoms with Crippen molar-refractivity contribution in [3.63, 3.8) is 0 Å². The fourth-order valence-electron chi connectivity index (χ4n) is 1.92. The van der Waals surface area contributed by atoms with E-state index in [2.05, 4.69) is 5.32 Å². The van der Waals surface area contributed by atoms with Gasteiger partial charge in [-0.1, -0.05) is 29.8 Å². The van der Waals surface area contributed by atoms with Gasteiger partial charge in [-0.15, -0.1) is 0 Å². The first-order chi connectivity index (χ1) is 11.4. The van der Waals surface area contributed by atoms with Gasteiger partial charge in [-0.3, -0.25) is 4.79 Å². The van der Waals surface area contributed by atoms with E-state index in [4.69, 9.17) is 22.1 Å². The van der Waals surface area contributed by atoms with Crippen LogP contribution in [0.3, 0.4) is 0 Å². The summed E-state index contributed by atoms with van der Waals surface area (Å²) in [5.41, 5.74) is 6.39. The fourth-order valence-corrected chi connectivity index (χ4v) is 2.04. The summed E-state index contributed by atoms with van der Waals surface area (Å²) in [6, 6.07) is 10.4. The highest BCUT2D eigenvalue weighted by Gasteiger charge is 2.19. The van der Waals surface area contributed by atoms with E-state index in [1.165, 1.54) is 31.2 Å². The average molecular weight is 351 g/mol. The molecule has 0 aliphatic heterocycles. The van der Waals surface area contributed by atoms with Crippen LogP contribution in [-0.4, -0.2) is 18.0 Å². The molecular formula is C17H16ClFN2O3. The minimum Gasteiger partial charge on any atom is -0.449 e. The Morgan fingerprint density at radius 1 is 1.29 bits per heavy atom. The van der Waals surface area contributed by atoms with Crippen molar-refractivity contribution in [1.82, 2.24) is 5.32 Å². The van der Waals surface area contributed by atoms with Crippen molar-refractivity contribution in [3.05, 3.63) is 64.4 Å². The molecule has 0 spiro atoms. The Morgan fingerprint density at radius 2 is 2.00 bits per heavy atom. The van der Waals surface area contributed by atoms with E-state index in [1.807, 2.05) is 0 Å². The molecule has 3 N–H and O–H groups in total. The summed E-state index contributed by atoms with van der Waals surface area (Å²) in [5.74, 6) is -1.65. The predicted molar refractivity (Wildman–Crippen MR) is 89.0 cm³/mol. The number of hydrogen-bond donors (Lipinski definition) is 2. The number of ether oxygens (including phenoxy) is 1. The van der Waals surface area contributed by atoms with Crippen LogP contribution >= 0.6 is 11.6 Å². The number of nitrogens with one attached hydrogen (secondary N) is 1. The van der Waals surface area contributed by atoms with Crippen LogP contribution in [-0.2, 0) is 16.1 Å². The molecule has 0 fully saturated rings. The molecule has 0 bridgehead atoms. The highest BCUT2D eigenvalue weighted by atomic mass is 35.5. The van der Waals surface area contributed by atoms with E-state index >= 15 is 0 Å². The third-order valence-electron chi connectivity index (χ3n) is 3.30. The highest BCUT2D eigenvalue weighted by molar-refractivity contribution is 6.33. The Morgan fingerprint density at radius 3 is 2.67 bits per heavy atom. The zero-order valence-corrected chi connectivity index (χ0v) is 13.6. The van der Waals surface area contributed by atoms with Gasteiger partial charge in [0.25, 0.3) is 5.91 Å². The lowest BCUT2D eigenvalue weighted by Crippen LogP contribution is -2.35. The predicted octanol–water partition coefficient (Wildman–Crippen LogP) is 2.92. The molecule has 0 radical (unpaired) electrons. The molecule has 1 amide bonds. The van der Waals surface area contributed by atoms with Crippen molar-refractivity contribution in [1.29, 1.82) is 0 Å². The Kier molecular flexibility index (Phi) is 5.76. The van der Waals surface area contributed by atoms with Gasteiger partial charge in [0.05, 0.1) is 16.3 Å². The van der Waals surface area contributed by atoms with Gasteiger partial charge in [0.1, 0.15) is 5.82 Å². The van der Waals surface area contributed by atoms with Crippen LogP contribution < -0.4 is 11.1 Å². The molecule has 7 heteroatoms. The normalized spacial score (nSPS) is 11.6. The molecule has 0 aliphatic carbocycles. The summed E-state index contributed by atoms with van der Waals surface area (Å²) >= 11 is 5.78. The summed E-state index contributed by atoms with van der Waals surface area (Å²) in [6.45, 7) is 1.43. The van der Waals surface area contributed by atoms with Crippen LogP contribution in [0.15, 0.2) is 42.5 Å². The maximum atomic E-state index is 13.5. The lowest BCUT2D eigenvalue weighted by Gasteiger charge is -2.14. The van der Waals surface area contributed by atoms with Crippen molar-refractivity contribution < 1.29 is 18.7 Å². The maximum Gasteiger partial charge on any atom is 0.338 e. The molecule has 2 rings (SSSR count). The molecule has 0 aliphatic rings. The topological polar surface area (TPSA) is 81.4 Å². The van der Waals surface area contributed by atoms with Crippen LogP contribution in [0, 0.1) is 5.82 Å². The van der Waals surface area contributed by atoms with E-state index in [1.54, 1.807) is 18.2 Å². The molecule has 1 atom stereocenters. The highest BCUT2D eigenvalue weighted by Crippen LogP contribution is 2.20. The largest absolute Gasteiger partial charge is 0.449 e. The van der Waals surface area contributed by atoms with E-state index in [9.17, 15) is 14.0 Å².